The average Bonchev–Trinajstić information content (AvgIpc) is 2.93. The van der Waals surface area contributed by atoms with E-state index < -0.39 is 5.97 Å². The van der Waals surface area contributed by atoms with Gasteiger partial charge in [0.2, 0.25) is 5.91 Å². The molecule has 6 nitrogen and oxygen atoms in total. The van der Waals surface area contributed by atoms with Crippen molar-refractivity contribution in [2.45, 2.75) is 13.3 Å². The average molecular weight is 323 g/mol. The highest BCUT2D eigenvalue weighted by molar-refractivity contribution is 5.95. The van der Waals surface area contributed by atoms with Crippen LogP contribution in [-0.4, -0.2) is 29.0 Å². The minimum absolute atomic E-state index is 0.160. The fourth-order valence-electron chi connectivity index (χ4n) is 2.53. The Balaban J connectivity index is 1.71. The Morgan fingerprint density at radius 3 is 2.83 bits per heavy atom. The van der Waals surface area contributed by atoms with Crippen LogP contribution >= 0.6 is 0 Å². The van der Waals surface area contributed by atoms with Gasteiger partial charge in [0.1, 0.15) is 5.82 Å². The first-order valence-corrected chi connectivity index (χ1v) is 7.48. The van der Waals surface area contributed by atoms with E-state index >= 15 is 0 Å². The highest BCUT2D eigenvalue weighted by Gasteiger charge is 2.09. The number of carbonyl (C=O) groups is 2. The van der Waals surface area contributed by atoms with E-state index in [1.54, 1.807) is 24.3 Å². The first kappa shape index (κ1) is 15.7. The molecular weight excluding hydrogens is 306 g/mol. The van der Waals surface area contributed by atoms with Gasteiger partial charge in [-0.2, -0.15) is 0 Å². The summed E-state index contributed by atoms with van der Waals surface area (Å²) in [5.41, 5.74) is 3.62. The van der Waals surface area contributed by atoms with Crippen LogP contribution in [0.25, 0.3) is 11.0 Å². The summed E-state index contributed by atoms with van der Waals surface area (Å²) in [6, 6.07) is 12.3. The Kier molecular flexibility index (Phi) is 4.29. The van der Waals surface area contributed by atoms with Crippen LogP contribution in [0.15, 0.2) is 42.5 Å². The summed E-state index contributed by atoms with van der Waals surface area (Å²) in [6.07, 6.45) is 0.233. The molecule has 2 aromatic carbocycles. The highest BCUT2D eigenvalue weighted by Crippen LogP contribution is 2.15. The maximum atomic E-state index is 12.2. The van der Waals surface area contributed by atoms with Crippen LogP contribution in [-0.2, 0) is 16.0 Å². The van der Waals surface area contributed by atoms with Crippen molar-refractivity contribution in [2.75, 3.05) is 12.4 Å². The Morgan fingerprint density at radius 1 is 1.21 bits per heavy atom. The number of benzene rings is 2. The second-order valence-corrected chi connectivity index (χ2v) is 5.47. The normalized spacial score (nSPS) is 10.6. The van der Waals surface area contributed by atoms with Crippen molar-refractivity contribution in [3.05, 3.63) is 59.4 Å². The molecule has 0 saturated heterocycles. The van der Waals surface area contributed by atoms with Crippen molar-refractivity contribution in [2.24, 2.45) is 0 Å². The minimum atomic E-state index is -0.439. The zero-order chi connectivity index (χ0) is 17.1. The number of aromatic amines is 1. The van der Waals surface area contributed by atoms with Gasteiger partial charge in [0.05, 0.1) is 30.1 Å². The van der Waals surface area contributed by atoms with Gasteiger partial charge in [0.25, 0.3) is 0 Å². The molecule has 24 heavy (non-hydrogen) atoms. The van der Waals surface area contributed by atoms with Crippen LogP contribution in [0.1, 0.15) is 21.7 Å². The van der Waals surface area contributed by atoms with Gasteiger partial charge in [-0.3, -0.25) is 4.79 Å². The van der Waals surface area contributed by atoms with E-state index in [2.05, 4.69) is 20.0 Å². The summed E-state index contributed by atoms with van der Waals surface area (Å²) in [6.45, 7) is 1.89. The van der Waals surface area contributed by atoms with Gasteiger partial charge in [-0.1, -0.05) is 12.1 Å². The maximum absolute atomic E-state index is 12.2. The summed E-state index contributed by atoms with van der Waals surface area (Å²) in [5, 5.41) is 2.79. The lowest BCUT2D eigenvalue weighted by molar-refractivity contribution is -0.115. The van der Waals surface area contributed by atoms with E-state index in [-0.39, 0.29) is 12.3 Å². The van der Waals surface area contributed by atoms with E-state index in [4.69, 9.17) is 0 Å². The number of methoxy groups -OCH3 is 1. The number of rotatable bonds is 4. The Hall–Kier alpha value is -3.15. The zero-order valence-corrected chi connectivity index (χ0v) is 13.4. The number of esters is 1. The SMILES string of the molecule is COC(=O)c1cccc(NC(=O)Cc2ccc3nc(C)[nH]c3c2)c1. The molecule has 0 bridgehead atoms. The molecule has 1 heterocycles. The molecule has 1 amide bonds. The number of nitrogens with zero attached hydrogens (tertiary/aromatic N) is 1. The number of ether oxygens (including phenoxy) is 1. The molecule has 0 aliphatic rings. The molecule has 0 unspecified atom stereocenters. The summed E-state index contributed by atoms with van der Waals surface area (Å²) in [7, 11) is 1.32. The quantitative estimate of drug-likeness (QED) is 0.723. The van der Waals surface area contributed by atoms with Crippen LogP contribution in [0.5, 0.6) is 0 Å². The Labute approximate surface area is 138 Å². The second-order valence-electron chi connectivity index (χ2n) is 5.47. The molecular formula is C18H17N3O3. The van der Waals surface area contributed by atoms with Crippen LogP contribution < -0.4 is 5.32 Å². The maximum Gasteiger partial charge on any atom is 0.337 e. The van der Waals surface area contributed by atoms with E-state index in [9.17, 15) is 9.59 Å². The molecule has 1 aromatic heterocycles. The number of aryl methyl sites for hydroxylation is 1. The first-order chi connectivity index (χ1) is 11.5. The zero-order valence-electron chi connectivity index (χ0n) is 13.4. The number of fused-ring (bicyclic) bond motifs is 1. The van der Waals surface area contributed by atoms with Gasteiger partial charge >= 0.3 is 5.97 Å². The summed E-state index contributed by atoms with van der Waals surface area (Å²) < 4.78 is 4.67. The van der Waals surface area contributed by atoms with Crippen molar-refractivity contribution in [3.63, 3.8) is 0 Å². The van der Waals surface area contributed by atoms with Gasteiger partial charge in [-0.25, -0.2) is 9.78 Å². The number of carbonyl (C=O) groups excluding carboxylic acids is 2. The molecule has 0 saturated carbocycles. The van der Waals surface area contributed by atoms with Crippen LogP contribution in [0.2, 0.25) is 0 Å². The molecule has 3 rings (SSSR count). The number of hydrogen-bond acceptors (Lipinski definition) is 4. The van der Waals surface area contributed by atoms with E-state index in [0.29, 0.717) is 11.3 Å². The summed E-state index contributed by atoms with van der Waals surface area (Å²) in [4.78, 5) is 31.2. The van der Waals surface area contributed by atoms with Crippen LogP contribution in [0.4, 0.5) is 5.69 Å². The summed E-state index contributed by atoms with van der Waals surface area (Å²) in [5.74, 6) is 0.241. The largest absolute Gasteiger partial charge is 0.465 e. The topological polar surface area (TPSA) is 84.1 Å². The molecule has 3 aromatic rings. The Bertz CT molecular complexity index is 915. The van der Waals surface area contributed by atoms with Gasteiger partial charge < -0.3 is 15.0 Å². The lowest BCUT2D eigenvalue weighted by Gasteiger charge is -2.07. The van der Waals surface area contributed by atoms with Crippen molar-refractivity contribution in [1.82, 2.24) is 9.97 Å². The number of aromatic nitrogens is 2. The standard InChI is InChI=1S/C18H17N3O3/c1-11-19-15-7-6-12(8-16(15)20-11)9-17(22)21-14-5-3-4-13(10-14)18(23)24-2/h3-8,10H,9H2,1-2H3,(H,19,20)(H,21,22). The first-order valence-electron chi connectivity index (χ1n) is 7.48. The Morgan fingerprint density at radius 2 is 2.04 bits per heavy atom. The van der Waals surface area contributed by atoms with Gasteiger partial charge in [-0.05, 0) is 42.8 Å². The number of hydrogen-bond donors (Lipinski definition) is 2. The molecule has 6 heteroatoms. The van der Waals surface area contributed by atoms with Crippen LogP contribution in [0, 0.1) is 6.92 Å². The minimum Gasteiger partial charge on any atom is -0.465 e. The molecule has 2 N–H and O–H groups in total. The van der Waals surface area contributed by atoms with E-state index in [1.165, 1.54) is 7.11 Å². The molecule has 0 aliphatic carbocycles. The third-order valence-electron chi connectivity index (χ3n) is 3.60. The van der Waals surface area contributed by atoms with Crippen molar-refractivity contribution in [1.29, 1.82) is 0 Å². The predicted octanol–water partition coefficient (Wildman–Crippen LogP) is 2.84. The lowest BCUT2D eigenvalue weighted by Crippen LogP contribution is -2.14. The molecule has 0 fully saturated rings. The number of anilines is 1. The fraction of sp³-hybridized carbons (Fsp3) is 0.167. The monoisotopic (exact) mass is 323 g/mol. The van der Waals surface area contributed by atoms with Gasteiger partial charge in [0.15, 0.2) is 0 Å². The molecule has 122 valence electrons. The van der Waals surface area contributed by atoms with Gasteiger partial charge in [0, 0.05) is 5.69 Å². The van der Waals surface area contributed by atoms with E-state index in [0.717, 1.165) is 22.4 Å². The van der Waals surface area contributed by atoms with E-state index in [1.807, 2.05) is 25.1 Å². The third kappa shape index (κ3) is 3.43. The fourth-order valence-corrected chi connectivity index (χ4v) is 2.53. The molecule has 0 radical (unpaired) electrons. The lowest BCUT2D eigenvalue weighted by atomic mass is 10.1. The summed E-state index contributed by atoms with van der Waals surface area (Å²) >= 11 is 0. The second kappa shape index (κ2) is 6.54. The van der Waals surface area contributed by atoms with Crippen molar-refractivity contribution >= 4 is 28.6 Å². The molecule has 0 aliphatic heterocycles. The van der Waals surface area contributed by atoms with Gasteiger partial charge in [-0.15, -0.1) is 0 Å². The van der Waals surface area contributed by atoms with Crippen molar-refractivity contribution in [3.8, 4) is 0 Å². The number of nitrogens with one attached hydrogen (secondary N) is 2. The number of imidazole rings is 1. The molecule has 0 spiro atoms. The number of H-pyrrole nitrogens is 1. The van der Waals surface area contributed by atoms with Crippen LogP contribution in [0.3, 0.4) is 0 Å². The highest BCUT2D eigenvalue weighted by atomic mass is 16.5. The predicted molar refractivity (Wildman–Crippen MR) is 90.9 cm³/mol. The number of amides is 1. The smallest absolute Gasteiger partial charge is 0.337 e. The third-order valence-corrected chi connectivity index (χ3v) is 3.60. The van der Waals surface area contributed by atoms with Crippen molar-refractivity contribution < 1.29 is 14.3 Å². The molecule has 0 atom stereocenters.